The number of benzene rings is 2. The highest BCUT2D eigenvalue weighted by molar-refractivity contribution is 14.0. The van der Waals surface area contributed by atoms with Crippen LogP contribution in [0.1, 0.15) is 30.5 Å². The van der Waals surface area contributed by atoms with Gasteiger partial charge in [-0.3, -0.25) is 4.79 Å². The van der Waals surface area contributed by atoms with Crippen LogP contribution in [0.25, 0.3) is 0 Å². The van der Waals surface area contributed by atoms with Crippen molar-refractivity contribution < 1.29 is 9.18 Å². The van der Waals surface area contributed by atoms with Gasteiger partial charge in [-0.2, -0.15) is 0 Å². The van der Waals surface area contributed by atoms with E-state index in [1.165, 1.54) is 13.0 Å². The number of aliphatic imine (C=N–C) groups is 1. The van der Waals surface area contributed by atoms with Crippen LogP contribution in [0.2, 0.25) is 0 Å². The average molecular weight is 484 g/mol. The summed E-state index contributed by atoms with van der Waals surface area (Å²) in [5, 5.41) is 9.13. The number of hydrogen-bond acceptors (Lipinski definition) is 2. The Kier molecular flexibility index (Phi) is 9.77. The lowest BCUT2D eigenvalue weighted by atomic mass is 10.1. The zero-order valence-corrected chi connectivity index (χ0v) is 18.1. The molecular weight excluding hydrogens is 458 g/mol. The molecule has 1 amide bonds. The molecule has 0 saturated heterocycles. The van der Waals surface area contributed by atoms with E-state index in [9.17, 15) is 9.18 Å². The maximum atomic E-state index is 13.6. The van der Waals surface area contributed by atoms with Crippen molar-refractivity contribution in [1.29, 1.82) is 0 Å². The van der Waals surface area contributed by atoms with Crippen molar-refractivity contribution in [2.24, 2.45) is 4.99 Å². The highest BCUT2D eigenvalue weighted by Gasteiger charge is 2.03. The van der Waals surface area contributed by atoms with Crippen LogP contribution in [-0.4, -0.2) is 18.4 Å². The molecular formula is C20H26FIN4O. The standard InChI is InChI=1S/C20H25FN4O.HI/c1-4-22-20(24-13-17-9-8-14(2)19(21)11-17)23-12-16-6-5-7-18(10-16)25-15(3)26;/h5-11H,4,12-13H2,1-3H3,(H,25,26)(H2,22,23,24);1H. The van der Waals surface area contributed by atoms with Gasteiger partial charge in [0, 0.05) is 25.7 Å². The van der Waals surface area contributed by atoms with E-state index in [2.05, 4.69) is 20.9 Å². The number of aryl methyl sites for hydroxylation is 1. The normalized spacial score (nSPS) is 10.7. The molecule has 7 heteroatoms. The van der Waals surface area contributed by atoms with Gasteiger partial charge in [0.1, 0.15) is 5.82 Å². The van der Waals surface area contributed by atoms with Crippen molar-refractivity contribution in [2.75, 3.05) is 11.9 Å². The molecule has 0 radical (unpaired) electrons. The zero-order chi connectivity index (χ0) is 18.9. The number of halogens is 2. The van der Waals surface area contributed by atoms with Gasteiger partial charge in [0.05, 0.1) is 6.54 Å². The van der Waals surface area contributed by atoms with E-state index < -0.39 is 0 Å². The van der Waals surface area contributed by atoms with Crippen molar-refractivity contribution >= 4 is 41.5 Å². The first-order chi connectivity index (χ1) is 12.5. The second-order valence-corrected chi connectivity index (χ2v) is 6.01. The SMILES string of the molecule is CCNC(=NCc1cccc(NC(C)=O)c1)NCc1ccc(C)c(F)c1.I. The van der Waals surface area contributed by atoms with E-state index in [4.69, 9.17) is 0 Å². The van der Waals surface area contributed by atoms with Crippen LogP contribution in [0.3, 0.4) is 0 Å². The Hall–Kier alpha value is -2.16. The fraction of sp³-hybridized carbons (Fsp3) is 0.300. The number of carbonyl (C=O) groups is 1. The second-order valence-electron chi connectivity index (χ2n) is 6.01. The molecule has 0 heterocycles. The summed E-state index contributed by atoms with van der Waals surface area (Å²) in [5.74, 6) is 0.338. The highest BCUT2D eigenvalue weighted by atomic mass is 127. The summed E-state index contributed by atoms with van der Waals surface area (Å²) in [7, 11) is 0. The highest BCUT2D eigenvalue weighted by Crippen LogP contribution is 2.12. The van der Waals surface area contributed by atoms with Gasteiger partial charge in [-0.1, -0.05) is 24.3 Å². The van der Waals surface area contributed by atoms with E-state index in [0.717, 1.165) is 23.4 Å². The summed E-state index contributed by atoms with van der Waals surface area (Å²) in [6.07, 6.45) is 0. The topological polar surface area (TPSA) is 65.5 Å². The Morgan fingerprint density at radius 1 is 1.11 bits per heavy atom. The van der Waals surface area contributed by atoms with Gasteiger partial charge in [-0.15, -0.1) is 24.0 Å². The Labute approximate surface area is 176 Å². The van der Waals surface area contributed by atoms with E-state index >= 15 is 0 Å². The Morgan fingerprint density at radius 2 is 1.89 bits per heavy atom. The lowest BCUT2D eigenvalue weighted by molar-refractivity contribution is -0.114. The molecule has 0 aliphatic heterocycles. The molecule has 0 saturated carbocycles. The van der Waals surface area contributed by atoms with Gasteiger partial charge in [-0.05, 0) is 48.7 Å². The monoisotopic (exact) mass is 484 g/mol. The van der Waals surface area contributed by atoms with Crippen LogP contribution in [0.15, 0.2) is 47.5 Å². The second kappa shape index (κ2) is 11.5. The van der Waals surface area contributed by atoms with Crippen LogP contribution in [-0.2, 0) is 17.9 Å². The minimum atomic E-state index is -0.207. The molecule has 2 aromatic carbocycles. The molecule has 146 valence electrons. The first-order valence-electron chi connectivity index (χ1n) is 8.61. The van der Waals surface area contributed by atoms with Crippen LogP contribution in [0.4, 0.5) is 10.1 Å². The molecule has 0 unspecified atom stereocenters. The van der Waals surface area contributed by atoms with E-state index in [0.29, 0.717) is 24.6 Å². The smallest absolute Gasteiger partial charge is 0.221 e. The van der Waals surface area contributed by atoms with Crippen molar-refractivity contribution in [2.45, 2.75) is 33.9 Å². The third kappa shape index (κ3) is 7.94. The maximum Gasteiger partial charge on any atom is 0.221 e. The lowest BCUT2D eigenvalue weighted by Crippen LogP contribution is -2.36. The Balaban J connectivity index is 0.00000364. The minimum absolute atomic E-state index is 0. The van der Waals surface area contributed by atoms with Gasteiger partial charge in [0.2, 0.25) is 5.91 Å². The molecule has 27 heavy (non-hydrogen) atoms. The summed E-state index contributed by atoms with van der Waals surface area (Å²) in [4.78, 5) is 15.7. The molecule has 0 atom stereocenters. The number of rotatable bonds is 6. The number of carbonyl (C=O) groups excluding carboxylic acids is 1. The third-order valence-corrected chi connectivity index (χ3v) is 3.71. The van der Waals surface area contributed by atoms with Gasteiger partial charge in [0.15, 0.2) is 5.96 Å². The minimum Gasteiger partial charge on any atom is -0.357 e. The first kappa shape index (κ1) is 22.9. The molecule has 0 fully saturated rings. The van der Waals surface area contributed by atoms with Gasteiger partial charge in [-0.25, -0.2) is 9.38 Å². The number of nitrogens with one attached hydrogen (secondary N) is 3. The Bertz CT molecular complexity index is 795. The number of amides is 1. The molecule has 2 rings (SSSR count). The number of hydrogen-bond donors (Lipinski definition) is 3. The fourth-order valence-electron chi connectivity index (χ4n) is 2.39. The molecule has 3 N–H and O–H groups in total. The predicted octanol–water partition coefficient (Wildman–Crippen LogP) is 3.97. The molecule has 2 aromatic rings. The van der Waals surface area contributed by atoms with Gasteiger partial charge >= 0.3 is 0 Å². The van der Waals surface area contributed by atoms with Crippen LogP contribution >= 0.6 is 24.0 Å². The average Bonchev–Trinajstić information content (AvgIpc) is 2.60. The van der Waals surface area contributed by atoms with E-state index in [1.54, 1.807) is 13.0 Å². The summed E-state index contributed by atoms with van der Waals surface area (Å²) < 4.78 is 13.6. The zero-order valence-electron chi connectivity index (χ0n) is 15.8. The number of anilines is 1. The molecule has 0 aromatic heterocycles. The third-order valence-electron chi connectivity index (χ3n) is 3.71. The number of nitrogens with zero attached hydrogens (tertiary/aromatic N) is 1. The van der Waals surface area contributed by atoms with Crippen LogP contribution in [0.5, 0.6) is 0 Å². The van der Waals surface area contributed by atoms with Crippen molar-refractivity contribution in [1.82, 2.24) is 10.6 Å². The van der Waals surface area contributed by atoms with Crippen molar-refractivity contribution in [3.63, 3.8) is 0 Å². The lowest BCUT2D eigenvalue weighted by Gasteiger charge is -2.12. The summed E-state index contributed by atoms with van der Waals surface area (Å²) in [6, 6.07) is 12.8. The largest absolute Gasteiger partial charge is 0.357 e. The quantitative estimate of drug-likeness (QED) is 0.331. The molecule has 0 bridgehead atoms. The number of guanidine groups is 1. The summed E-state index contributed by atoms with van der Waals surface area (Å²) in [6.45, 7) is 6.87. The maximum absolute atomic E-state index is 13.6. The fourth-order valence-corrected chi connectivity index (χ4v) is 2.39. The summed E-state index contributed by atoms with van der Waals surface area (Å²) in [5.41, 5.74) is 3.22. The van der Waals surface area contributed by atoms with Crippen molar-refractivity contribution in [3.05, 3.63) is 65.0 Å². The van der Waals surface area contributed by atoms with Crippen LogP contribution < -0.4 is 16.0 Å². The van der Waals surface area contributed by atoms with Gasteiger partial charge in [0.25, 0.3) is 0 Å². The predicted molar refractivity (Wildman–Crippen MR) is 119 cm³/mol. The summed E-state index contributed by atoms with van der Waals surface area (Å²) >= 11 is 0. The van der Waals surface area contributed by atoms with Crippen LogP contribution in [0, 0.1) is 12.7 Å². The Morgan fingerprint density at radius 3 is 2.56 bits per heavy atom. The molecule has 5 nitrogen and oxygen atoms in total. The van der Waals surface area contributed by atoms with Gasteiger partial charge < -0.3 is 16.0 Å². The molecule has 0 spiro atoms. The first-order valence-corrected chi connectivity index (χ1v) is 8.61. The van der Waals surface area contributed by atoms with E-state index in [1.807, 2.05) is 37.3 Å². The molecule has 0 aliphatic carbocycles. The molecule has 0 aliphatic rings. The van der Waals surface area contributed by atoms with Crippen molar-refractivity contribution in [3.8, 4) is 0 Å². The van der Waals surface area contributed by atoms with E-state index in [-0.39, 0.29) is 35.7 Å².